The summed E-state index contributed by atoms with van der Waals surface area (Å²) in [7, 11) is 2.09. The molecule has 1 fully saturated rings. The van der Waals surface area contributed by atoms with E-state index in [1.54, 1.807) is 6.07 Å². The maximum absolute atomic E-state index is 11.8. The van der Waals surface area contributed by atoms with E-state index in [2.05, 4.69) is 28.8 Å². The number of hydrogen-bond acceptors (Lipinski definition) is 4. The van der Waals surface area contributed by atoms with Crippen LogP contribution in [-0.4, -0.2) is 23.1 Å². The Hall–Kier alpha value is -2.04. The van der Waals surface area contributed by atoms with Gasteiger partial charge in [-0.1, -0.05) is 19.8 Å². The second-order valence-corrected chi connectivity index (χ2v) is 6.10. The summed E-state index contributed by atoms with van der Waals surface area (Å²) < 4.78 is 0. The Balaban J connectivity index is 2.03. The predicted molar refractivity (Wildman–Crippen MR) is 86.6 cm³/mol. The first-order valence-electron chi connectivity index (χ1n) is 7.57. The summed E-state index contributed by atoms with van der Waals surface area (Å²) in [4.78, 5) is 20.9. The van der Waals surface area contributed by atoms with Crippen LogP contribution in [0.2, 0.25) is 0 Å². The highest BCUT2D eigenvalue weighted by molar-refractivity contribution is 5.88. The van der Waals surface area contributed by atoms with Gasteiger partial charge in [-0.25, -0.2) is 4.98 Å². The SMILES string of the molecule is CC1CCCCC1N(C)c1cc2nc[nH]c(=O)c2cc1N. The van der Waals surface area contributed by atoms with Gasteiger partial charge in [0.2, 0.25) is 0 Å². The molecule has 5 nitrogen and oxygen atoms in total. The van der Waals surface area contributed by atoms with Crippen LogP contribution in [0.5, 0.6) is 0 Å². The van der Waals surface area contributed by atoms with E-state index in [1.807, 2.05) is 6.07 Å². The standard InChI is InChI=1S/C16H22N4O/c1-10-5-3-4-6-14(10)20(2)15-8-13-11(7-12(15)17)16(21)19-9-18-13/h7-10,14H,3-6,17H2,1-2H3,(H,18,19,21). The van der Waals surface area contributed by atoms with E-state index < -0.39 is 0 Å². The molecule has 0 amide bonds. The van der Waals surface area contributed by atoms with Crippen molar-refractivity contribution in [3.8, 4) is 0 Å². The highest BCUT2D eigenvalue weighted by Crippen LogP contribution is 2.34. The average molecular weight is 286 g/mol. The number of fused-ring (bicyclic) bond motifs is 1. The molecule has 0 bridgehead atoms. The third-order valence-electron chi connectivity index (χ3n) is 4.73. The number of nitrogens with one attached hydrogen (secondary N) is 1. The molecule has 3 rings (SSSR count). The van der Waals surface area contributed by atoms with Gasteiger partial charge in [0.25, 0.3) is 5.56 Å². The monoisotopic (exact) mass is 286 g/mol. The molecule has 1 heterocycles. The largest absolute Gasteiger partial charge is 0.397 e. The third-order valence-corrected chi connectivity index (χ3v) is 4.73. The van der Waals surface area contributed by atoms with Crippen LogP contribution in [0.1, 0.15) is 32.6 Å². The molecular weight excluding hydrogens is 264 g/mol. The third kappa shape index (κ3) is 2.48. The van der Waals surface area contributed by atoms with E-state index in [0.717, 1.165) is 5.69 Å². The number of nitrogens with zero attached hydrogens (tertiary/aromatic N) is 2. The minimum atomic E-state index is -0.146. The maximum atomic E-state index is 11.8. The number of benzene rings is 1. The molecule has 0 aliphatic heterocycles. The highest BCUT2D eigenvalue weighted by Gasteiger charge is 2.26. The van der Waals surface area contributed by atoms with E-state index >= 15 is 0 Å². The Morgan fingerprint density at radius 1 is 1.33 bits per heavy atom. The van der Waals surface area contributed by atoms with Crippen molar-refractivity contribution >= 4 is 22.3 Å². The van der Waals surface area contributed by atoms with Gasteiger partial charge >= 0.3 is 0 Å². The lowest BCUT2D eigenvalue weighted by Crippen LogP contribution is -2.39. The van der Waals surface area contributed by atoms with Crippen LogP contribution >= 0.6 is 0 Å². The van der Waals surface area contributed by atoms with Gasteiger partial charge in [-0.2, -0.15) is 0 Å². The zero-order valence-electron chi connectivity index (χ0n) is 12.6. The minimum absolute atomic E-state index is 0.146. The van der Waals surface area contributed by atoms with Gasteiger partial charge in [0.05, 0.1) is 28.6 Å². The van der Waals surface area contributed by atoms with Crippen molar-refractivity contribution in [2.45, 2.75) is 38.6 Å². The number of aromatic amines is 1. The summed E-state index contributed by atoms with van der Waals surface area (Å²) in [5.41, 5.74) is 8.34. The van der Waals surface area contributed by atoms with Gasteiger partial charge in [-0.15, -0.1) is 0 Å². The minimum Gasteiger partial charge on any atom is -0.397 e. The van der Waals surface area contributed by atoms with Gasteiger partial charge in [-0.3, -0.25) is 4.79 Å². The lowest BCUT2D eigenvalue weighted by Gasteiger charge is -2.38. The molecule has 2 atom stereocenters. The first-order chi connectivity index (χ1) is 10.1. The number of hydrogen-bond donors (Lipinski definition) is 2. The first kappa shape index (κ1) is 13.9. The van der Waals surface area contributed by atoms with Gasteiger partial charge in [-0.05, 0) is 30.9 Å². The fourth-order valence-corrected chi connectivity index (χ4v) is 3.48. The smallest absolute Gasteiger partial charge is 0.258 e. The Kier molecular flexibility index (Phi) is 3.57. The zero-order chi connectivity index (χ0) is 15.0. The molecule has 3 N–H and O–H groups in total. The first-order valence-corrected chi connectivity index (χ1v) is 7.57. The topological polar surface area (TPSA) is 75.0 Å². The summed E-state index contributed by atoms with van der Waals surface area (Å²) in [5.74, 6) is 0.658. The lowest BCUT2D eigenvalue weighted by molar-refractivity contribution is 0.322. The van der Waals surface area contributed by atoms with Crippen LogP contribution in [0.15, 0.2) is 23.3 Å². The van der Waals surface area contributed by atoms with Crippen LogP contribution in [0.3, 0.4) is 0 Å². The van der Waals surface area contributed by atoms with Crippen LogP contribution in [0, 0.1) is 5.92 Å². The second-order valence-electron chi connectivity index (χ2n) is 6.10. The summed E-state index contributed by atoms with van der Waals surface area (Å²) in [6, 6.07) is 4.17. The van der Waals surface area contributed by atoms with Crippen molar-refractivity contribution in [2.24, 2.45) is 5.92 Å². The molecule has 5 heteroatoms. The molecule has 1 aromatic heterocycles. The van der Waals surface area contributed by atoms with E-state index in [4.69, 9.17) is 5.73 Å². The van der Waals surface area contributed by atoms with Crippen LogP contribution in [0.25, 0.3) is 10.9 Å². The van der Waals surface area contributed by atoms with E-state index in [0.29, 0.717) is 28.6 Å². The van der Waals surface area contributed by atoms with Crippen molar-refractivity contribution in [1.82, 2.24) is 9.97 Å². The predicted octanol–water partition coefficient (Wildman–Crippen LogP) is 2.52. The van der Waals surface area contributed by atoms with E-state index in [1.165, 1.54) is 32.0 Å². The Morgan fingerprint density at radius 2 is 2.10 bits per heavy atom. The Morgan fingerprint density at radius 3 is 2.86 bits per heavy atom. The summed E-state index contributed by atoms with van der Waals surface area (Å²) in [6.07, 6.45) is 6.48. The molecule has 2 unspecified atom stereocenters. The summed E-state index contributed by atoms with van der Waals surface area (Å²) >= 11 is 0. The maximum Gasteiger partial charge on any atom is 0.258 e. The van der Waals surface area contributed by atoms with Crippen molar-refractivity contribution in [2.75, 3.05) is 17.7 Å². The second kappa shape index (κ2) is 5.39. The van der Waals surface area contributed by atoms with Crippen molar-refractivity contribution in [3.63, 3.8) is 0 Å². The number of nitrogens with two attached hydrogens (primary N) is 1. The quantitative estimate of drug-likeness (QED) is 0.832. The average Bonchev–Trinajstić information content (AvgIpc) is 2.47. The Bertz CT molecular complexity index is 709. The van der Waals surface area contributed by atoms with Crippen LogP contribution in [-0.2, 0) is 0 Å². The Labute approximate surface area is 124 Å². The van der Waals surface area contributed by atoms with Crippen LogP contribution in [0.4, 0.5) is 11.4 Å². The number of H-pyrrole nitrogens is 1. The van der Waals surface area contributed by atoms with Crippen molar-refractivity contribution in [1.29, 1.82) is 0 Å². The molecule has 112 valence electrons. The molecule has 2 aromatic rings. The van der Waals surface area contributed by atoms with Crippen molar-refractivity contribution < 1.29 is 0 Å². The molecule has 1 aromatic carbocycles. The summed E-state index contributed by atoms with van der Waals surface area (Å²) in [6.45, 7) is 2.31. The highest BCUT2D eigenvalue weighted by atomic mass is 16.1. The van der Waals surface area contributed by atoms with Crippen LogP contribution < -0.4 is 16.2 Å². The molecule has 21 heavy (non-hydrogen) atoms. The summed E-state index contributed by atoms with van der Waals surface area (Å²) in [5, 5.41) is 0.545. The van der Waals surface area contributed by atoms with Gasteiger partial charge in [0.15, 0.2) is 0 Å². The molecule has 0 spiro atoms. The fourth-order valence-electron chi connectivity index (χ4n) is 3.48. The number of aromatic nitrogens is 2. The van der Waals surface area contributed by atoms with E-state index in [9.17, 15) is 4.79 Å². The number of nitrogen functional groups attached to an aromatic ring is 1. The van der Waals surface area contributed by atoms with E-state index in [-0.39, 0.29) is 5.56 Å². The lowest BCUT2D eigenvalue weighted by atomic mass is 9.85. The molecule has 1 aliphatic carbocycles. The number of rotatable bonds is 2. The molecule has 0 saturated heterocycles. The normalized spacial score (nSPS) is 22.4. The number of anilines is 2. The molecule has 1 aliphatic rings. The fraction of sp³-hybridized carbons (Fsp3) is 0.500. The van der Waals surface area contributed by atoms with Gasteiger partial charge < -0.3 is 15.6 Å². The molecule has 1 saturated carbocycles. The van der Waals surface area contributed by atoms with Gasteiger partial charge in [0.1, 0.15) is 0 Å². The zero-order valence-corrected chi connectivity index (χ0v) is 12.6. The molecular formula is C16H22N4O. The van der Waals surface area contributed by atoms with Crippen molar-refractivity contribution in [3.05, 3.63) is 28.8 Å². The van der Waals surface area contributed by atoms with Gasteiger partial charge in [0, 0.05) is 13.1 Å². The molecule has 0 radical (unpaired) electrons.